The van der Waals surface area contributed by atoms with Gasteiger partial charge in [-0.15, -0.1) is 0 Å². The smallest absolute Gasteiger partial charge is 0.299 e. The van der Waals surface area contributed by atoms with Gasteiger partial charge in [-0.3, -0.25) is 19.3 Å². The van der Waals surface area contributed by atoms with Gasteiger partial charge in [0.1, 0.15) is 12.4 Å². The molecule has 0 fully saturated rings. The summed E-state index contributed by atoms with van der Waals surface area (Å²) in [6.07, 6.45) is 0. The van der Waals surface area contributed by atoms with Crippen molar-refractivity contribution in [3.05, 3.63) is 29.6 Å². The van der Waals surface area contributed by atoms with Crippen molar-refractivity contribution in [2.24, 2.45) is 0 Å². The first kappa shape index (κ1) is 12.2. The largest absolute Gasteiger partial charge is 0.355 e. The van der Waals surface area contributed by atoms with E-state index in [0.29, 0.717) is 6.54 Å². The molecule has 0 aromatic heterocycles. The van der Waals surface area contributed by atoms with Crippen LogP contribution < -0.4 is 10.2 Å². The number of fused-ring (bicyclic) bond motifs is 1. The molecule has 0 unspecified atom stereocenters. The number of rotatable bonds is 3. The number of benzene rings is 1. The van der Waals surface area contributed by atoms with Crippen LogP contribution in [0.4, 0.5) is 10.1 Å². The van der Waals surface area contributed by atoms with Gasteiger partial charge in [-0.2, -0.15) is 0 Å². The van der Waals surface area contributed by atoms with Crippen LogP contribution in [0.3, 0.4) is 0 Å². The second-order valence-electron chi connectivity index (χ2n) is 3.84. The Morgan fingerprint density at radius 1 is 1.39 bits per heavy atom. The summed E-state index contributed by atoms with van der Waals surface area (Å²) in [4.78, 5) is 35.7. The molecule has 0 spiro atoms. The number of Topliss-reactive ketones (excluding diaryl/α,β-unsaturated/α-hetero) is 1. The molecule has 94 valence electrons. The molecule has 0 aliphatic carbocycles. The molecule has 0 saturated heterocycles. The maximum Gasteiger partial charge on any atom is 0.299 e. The number of carbonyl (C=O) groups is 3. The van der Waals surface area contributed by atoms with Crippen LogP contribution in [-0.2, 0) is 9.59 Å². The standard InChI is InChI=1S/C12H11FN2O3/c1-2-14-10(16)6-15-9-5-7(13)3-4-8(9)11(17)12(15)18/h3-5H,2,6H2,1H3,(H,14,16). The SMILES string of the molecule is CCNC(=O)CN1C(=O)C(=O)c2ccc(F)cc21. The molecular weight excluding hydrogens is 239 g/mol. The van der Waals surface area contributed by atoms with Crippen molar-refractivity contribution >= 4 is 23.3 Å². The summed E-state index contributed by atoms with van der Waals surface area (Å²) in [5, 5.41) is 2.52. The lowest BCUT2D eigenvalue weighted by atomic mass is 10.1. The Morgan fingerprint density at radius 3 is 2.78 bits per heavy atom. The molecule has 1 aliphatic heterocycles. The van der Waals surface area contributed by atoms with Crippen molar-refractivity contribution in [3.63, 3.8) is 0 Å². The van der Waals surface area contributed by atoms with Gasteiger partial charge in [-0.25, -0.2) is 4.39 Å². The van der Waals surface area contributed by atoms with E-state index >= 15 is 0 Å². The maximum atomic E-state index is 13.1. The molecule has 1 heterocycles. The van der Waals surface area contributed by atoms with Crippen LogP contribution in [-0.4, -0.2) is 30.7 Å². The summed E-state index contributed by atoms with van der Waals surface area (Å²) in [6, 6.07) is 3.44. The number of amides is 2. The third kappa shape index (κ3) is 1.97. The number of likely N-dealkylation sites (N-methyl/N-ethyl adjacent to an activating group) is 1. The van der Waals surface area contributed by atoms with Gasteiger partial charge in [-0.05, 0) is 25.1 Å². The first-order valence-electron chi connectivity index (χ1n) is 5.47. The first-order valence-corrected chi connectivity index (χ1v) is 5.47. The van der Waals surface area contributed by atoms with Gasteiger partial charge >= 0.3 is 0 Å². The maximum absolute atomic E-state index is 13.1. The molecule has 0 atom stereocenters. The normalized spacial score (nSPS) is 13.8. The number of nitrogens with zero attached hydrogens (tertiary/aromatic N) is 1. The second kappa shape index (κ2) is 4.56. The molecule has 1 aliphatic rings. The van der Waals surface area contributed by atoms with Crippen LogP contribution >= 0.6 is 0 Å². The van der Waals surface area contributed by atoms with Crippen LogP contribution in [0, 0.1) is 5.82 Å². The molecular formula is C12H11FN2O3. The minimum atomic E-state index is -0.804. The average Bonchev–Trinajstić information content (AvgIpc) is 2.55. The number of halogens is 1. The van der Waals surface area contributed by atoms with Gasteiger partial charge in [0.2, 0.25) is 5.91 Å². The Kier molecular flexibility index (Phi) is 3.10. The van der Waals surface area contributed by atoms with Crippen molar-refractivity contribution in [2.75, 3.05) is 18.0 Å². The van der Waals surface area contributed by atoms with E-state index in [0.717, 1.165) is 17.0 Å². The van der Waals surface area contributed by atoms with Crippen LogP contribution in [0.2, 0.25) is 0 Å². The van der Waals surface area contributed by atoms with E-state index in [4.69, 9.17) is 0 Å². The fraction of sp³-hybridized carbons (Fsp3) is 0.250. The van der Waals surface area contributed by atoms with Crippen LogP contribution in [0.15, 0.2) is 18.2 Å². The monoisotopic (exact) mass is 250 g/mol. The van der Waals surface area contributed by atoms with Crippen molar-refractivity contribution in [1.82, 2.24) is 5.32 Å². The summed E-state index contributed by atoms with van der Waals surface area (Å²) >= 11 is 0. The molecule has 0 bridgehead atoms. The zero-order valence-electron chi connectivity index (χ0n) is 9.70. The Bertz CT molecular complexity index is 542. The number of carbonyl (C=O) groups excluding carboxylic acids is 3. The summed E-state index contributed by atoms with van der Waals surface area (Å²) in [7, 11) is 0. The van der Waals surface area contributed by atoms with E-state index in [1.54, 1.807) is 6.92 Å². The van der Waals surface area contributed by atoms with Crippen LogP contribution in [0.1, 0.15) is 17.3 Å². The van der Waals surface area contributed by atoms with Gasteiger partial charge in [0.15, 0.2) is 0 Å². The molecule has 5 nitrogen and oxygen atoms in total. The fourth-order valence-corrected chi connectivity index (χ4v) is 1.82. The van der Waals surface area contributed by atoms with Gasteiger partial charge in [0.25, 0.3) is 11.7 Å². The minimum absolute atomic E-state index is 0.130. The quantitative estimate of drug-likeness (QED) is 0.794. The van der Waals surface area contributed by atoms with Crippen molar-refractivity contribution in [2.45, 2.75) is 6.92 Å². The Morgan fingerprint density at radius 2 is 2.11 bits per heavy atom. The predicted octanol–water partition coefficient (Wildman–Crippen LogP) is 0.491. The molecule has 1 N–H and O–H groups in total. The topological polar surface area (TPSA) is 66.5 Å². The molecule has 1 aromatic rings. The summed E-state index contributed by atoms with van der Waals surface area (Å²) in [5.74, 6) is -2.47. The third-order valence-electron chi connectivity index (χ3n) is 2.61. The molecule has 18 heavy (non-hydrogen) atoms. The number of hydrogen-bond donors (Lipinski definition) is 1. The molecule has 0 radical (unpaired) electrons. The Labute approximate surface area is 103 Å². The van der Waals surface area contributed by atoms with Crippen molar-refractivity contribution < 1.29 is 18.8 Å². The lowest BCUT2D eigenvalue weighted by molar-refractivity contribution is -0.122. The average molecular weight is 250 g/mol. The minimum Gasteiger partial charge on any atom is -0.355 e. The van der Waals surface area contributed by atoms with Crippen molar-refractivity contribution in [3.8, 4) is 0 Å². The van der Waals surface area contributed by atoms with Crippen LogP contribution in [0.25, 0.3) is 0 Å². The van der Waals surface area contributed by atoms with Crippen LogP contribution in [0.5, 0.6) is 0 Å². The van der Waals surface area contributed by atoms with E-state index in [1.807, 2.05) is 0 Å². The highest BCUT2D eigenvalue weighted by Crippen LogP contribution is 2.29. The molecule has 2 amide bonds. The highest BCUT2D eigenvalue weighted by molar-refractivity contribution is 6.52. The first-order chi connectivity index (χ1) is 8.54. The number of anilines is 1. The zero-order chi connectivity index (χ0) is 13.3. The highest BCUT2D eigenvalue weighted by Gasteiger charge is 2.36. The van der Waals surface area contributed by atoms with Gasteiger partial charge in [0.05, 0.1) is 11.3 Å². The molecule has 1 aromatic carbocycles. The fourth-order valence-electron chi connectivity index (χ4n) is 1.82. The summed E-state index contributed by atoms with van der Waals surface area (Å²) in [6.45, 7) is 1.88. The van der Waals surface area contributed by atoms with E-state index in [9.17, 15) is 18.8 Å². The van der Waals surface area contributed by atoms with Gasteiger partial charge in [-0.1, -0.05) is 0 Å². The van der Waals surface area contributed by atoms with E-state index in [1.165, 1.54) is 6.07 Å². The second-order valence-corrected chi connectivity index (χ2v) is 3.84. The number of hydrogen-bond acceptors (Lipinski definition) is 3. The molecule has 0 saturated carbocycles. The number of ketones is 1. The van der Waals surface area contributed by atoms with E-state index in [-0.39, 0.29) is 17.8 Å². The van der Waals surface area contributed by atoms with Gasteiger partial charge in [0, 0.05) is 6.54 Å². The Balaban J connectivity index is 2.33. The van der Waals surface area contributed by atoms with E-state index in [2.05, 4.69) is 5.32 Å². The Hall–Kier alpha value is -2.24. The molecule has 6 heteroatoms. The lowest BCUT2D eigenvalue weighted by Crippen LogP contribution is -2.40. The number of nitrogens with one attached hydrogen (secondary N) is 1. The molecule has 2 rings (SSSR count). The lowest BCUT2D eigenvalue weighted by Gasteiger charge is -2.15. The summed E-state index contributed by atoms with van der Waals surface area (Å²) in [5.41, 5.74) is 0.280. The predicted molar refractivity (Wildman–Crippen MR) is 61.8 cm³/mol. The zero-order valence-corrected chi connectivity index (χ0v) is 9.70. The van der Waals surface area contributed by atoms with Gasteiger partial charge < -0.3 is 5.32 Å². The highest BCUT2D eigenvalue weighted by atomic mass is 19.1. The summed E-state index contributed by atoms with van der Waals surface area (Å²) < 4.78 is 13.1. The van der Waals surface area contributed by atoms with Crippen molar-refractivity contribution in [1.29, 1.82) is 0 Å². The van der Waals surface area contributed by atoms with E-state index < -0.39 is 23.4 Å². The third-order valence-corrected chi connectivity index (χ3v) is 2.61.